The van der Waals surface area contributed by atoms with E-state index in [-0.39, 0.29) is 13.0 Å². The number of carboxylic acid groups (broad SMARTS) is 1. The molecule has 9 nitrogen and oxygen atoms in total. The SMILES string of the molecule is C.CON1CCC(Nc2cccc(C(=O)O)c2)(c2nc(-c3ccncc3)n[nH]2)CC1. The van der Waals surface area contributed by atoms with Crippen LogP contribution in [0.5, 0.6) is 0 Å². The van der Waals surface area contributed by atoms with Crippen LogP contribution in [-0.2, 0) is 10.4 Å². The third-order valence-corrected chi connectivity index (χ3v) is 5.20. The summed E-state index contributed by atoms with van der Waals surface area (Å²) in [6.45, 7) is 1.40. The quantitative estimate of drug-likeness (QED) is 0.567. The summed E-state index contributed by atoms with van der Waals surface area (Å²) in [5, 5.41) is 22.2. The van der Waals surface area contributed by atoms with Gasteiger partial charge in [0.2, 0.25) is 0 Å². The molecule has 0 saturated carbocycles. The van der Waals surface area contributed by atoms with E-state index in [2.05, 4.69) is 20.5 Å². The zero-order valence-electron chi connectivity index (χ0n) is 16.0. The van der Waals surface area contributed by atoms with Gasteiger partial charge in [-0.25, -0.2) is 9.78 Å². The number of hydroxylamine groups is 2. The Hall–Kier alpha value is -3.30. The Labute approximate surface area is 175 Å². The lowest BCUT2D eigenvalue weighted by Gasteiger charge is -2.40. The van der Waals surface area contributed by atoms with E-state index in [1.807, 2.05) is 23.3 Å². The molecule has 3 heterocycles. The third kappa shape index (κ3) is 4.32. The van der Waals surface area contributed by atoms with Gasteiger partial charge in [0, 0.05) is 36.7 Å². The van der Waals surface area contributed by atoms with Crippen LogP contribution in [0.1, 0.15) is 36.5 Å². The number of nitrogens with zero attached hydrogens (tertiary/aromatic N) is 4. The van der Waals surface area contributed by atoms with E-state index in [0.29, 0.717) is 37.6 Å². The second kappa shape index (κ2) is 9.02. The van der Waals surface area contributed by atoms with E-state index < -0.39 is 11.5 Å². The van der Waals surface area contributed by atoms with Gasteiger partial charge in [-0.1, -0.05) is 13.5 Å². The molecule has 0 unspecified atom stereocenters. The third-order valence-electron chi connectivity index (χ3n) is 5.20. The van der Waals surface area contributed by atoms with Crippen molar-refractivity contribution in [2.45, 2.75) is 25.8 Å². The zero-order chi connectivity index (χ0) is 20.3. The summed E-state index contributed by atoms with van der Waals surface area (Å²) in [7, 11) is 1.66. The van der Waals surface area contributed by atoms with Crippen LogP contribution in [0.2, 0.25) is 0 Å². The predicted molar refractivity (Wildman–Crippen MR) is 113 cm³/mol. The number of hydrogen-bond donors (Lipinski definition) is 3. The molecule has 30 heavy (non-hydrogen) atoms. The average molecular weight is 410 g/mol. The van der Waals surface area contributed by atoms with Crippen molar-refractivity contribution < 1.29 is 14.7 Å². The summed E-state index contributed by atoms with van der Waals surface area (Å²) < 4.78 is 0. The molecule has 2 aromatic heterocycles. The predicted octanol–water partition coefficient (Wildman–Crippen LogP) is 3.17. The normalized spacial score (nSPS) is 15.9. The molecule has 1 aromatic carbocycles. The first-order chi connectivity index (χ1) is 14.1. The Morgan fingerprint density at radius 1 is 1.23 bits per heavy atom. The molecule has 3 aromatic rings. The molecule has 0 atom stereocenters. The molecule has 0 aliphatic carbocycles. The number of pyridine rings is 1. The van der Waals surface area contributed by atoms with Crippen molar-refractivity contribution in [3.8, 4) is 11.4 Å². The van der Waals surface area contributed by atoms with Crippen LogP contribution in [0.3, 0.4) is 0 Å². The Bertz CT molecular complexity index is 983. The highest BCUT2D eigenvalue weighted by molar-refractivity contribution is 5.88. The fourth-order valence-corrected chi connectivity index (χ4v) is 3.58. The Kier molecular flexibility index (Phi) is 6.43. The fraction of sp³-hybridized carbons (Fsp3) is 0.333. The van der Waals surface area contributed by atoms with Gasteiger partial charge in [-0.2, -0.15) is 10.2 Å². The summed E-state index contributed by atoms with van der Waals surface area (Å²) in [5.74, 6) is 0.342. The number of carbonyl (C=O) groups is 1. The average Bonchev–Trinajstić information content (AvgIpc) is 3.26. The first-order valence-electron chi connectivity index (χ1n) is 9.33. The number of rotatable bonds is 6. The lowest BCUT2D eigenvalue weighted by Crippen LogP contribution is -2.47. The molecule has 1 fully saturated rings. The van der Waals surface area contributed by atoms with Crippen molar-refractivity contribution in [3.63, 3.8) is 0 Å². The van der Waals surface area contributed by atoms with Crippen LogP contribution in [0, 0.1) is 0 Å². The van der Waals surface area contributed by atoms with Crippen LogP contribution in [0.15, 0.2) is 48.8 Å². The lowest BCUT2D eigenvalue weighted by molar-refractivity contribution is -0.149. The second-order valence-electron chi connectivity index (χ2n) is 6.95. The van der Waals surface area contributed by atoms with E-state index in [1.54, 1.807) is 37.7 Å². The molecule has 158 valence electrons. The molecule has 1 aliphatic heterocycles. The molecule has 3 N–H and O–H groups in total. The van der Waals surface area contributed by atoms with Crippen molar-refractivity contribution in [2.24, 2.45) is 0 Å². The summed E-state index contributed by atoms with van der Waals surface area (Å²) in [4.78, 5) is 25.5. The van der Waals surface area contributed by atoms with Crippen LogP contribution in [0.25, 0.3) is 11.4 Å². The topological polar surface area (TPSA) is 116 Å². The van der Waals surface area contributed by atoms with Gasteiger partial charge >= 0.3 is 5.97 Å². The highest BCUT2D eigenvalue weighted by Gasteiger charge is 2.39. The maximum Gasteiger partial charge on any atom is 0.335 e. The van der Waals surface area contributed by atoms with E-state index in [9.17, 15) is 9.90 Å². The van der Waals surface area contributed by atoms with Gasteiger partial charge in [-0.15, -0.1) is 0 Å². The van der Waals surface area contributed by atoms with Crippen molar-refractivity contribution in [1.82, 2.24) is 25.2 Å². The molecule has 4 rings (SSSR count). The van der Waals surface area contributed by atoms with Gasteiger partial charge in [0.25, 0.3) is 0 Å². The number of anilines is 1. The smallest absolute Gasteiger partial charge is 0.335 e. The number of carboxylic acids is 1. The lowest BCUT2D eigenvalue weighted by atomic mass is 9.86. The number of piperidine rings is 1. The maximum absolute atomic E-state index is 11.4. The number of aromatic amines is 1. The molecule has 0 bridgehead atoms. The van der Waals surface area contributed by atoms with Crippen molar-refractivity contribution >= 4 is 11.7 Å². The second-order valence-corrected chi connectivity index (χ2v) is 6.95. The van der Waals surface area contributed by atoms with E-state index in [0.717, 1.165) is 11.3 Å². The van der Waals surface area contributed by atoms with E-state index in [1.165, 1.54) is 0 Å². The first-order valence-corrected chi connectivity index (χ1v) is 9.33. The standard InChI is InChI=1S/C20H22N6O3.CH4/c1-29-26-11-7-20(8-12-26,23-16-4-2-3-15(13-16)18(27)28)19-22-17(24-25-19)14-5-9-21-10-6-14;/h2-6,9-10,13,23H,7-8,11-12H2,1H3,(H,27,28)(H,22,24,25);1H4. The molecule has 0 spiro atoms. The monoisotopic (exact) mass is 410 g/mol. The van der Waals surface area contributed by atoms with Crippen LogP contribution in [-0.4, -0.2) is 56.5 Å². The Balaban J connectivity index is 0.00000256. The highest BCUT2D eigenvalue weighted by atomic mass is 16.7. The van der Waals surface area contributed by atoms with Gasteiger partial charge in [-0.05, 0) is 43.2 Å². The van der Waals surface area contributed by atoms with E-state index >= 15 is 0 Å². The van der Waals surface area contributed by atoms with Gasteiger partial charge < -0.3 is 15.3 Å². The minimum Gasteiger partial charge on any atom is -0.478 e. The number of aromatic carboxylic acids is 1. The molecular weight excluding hydrogens is 384 g/mol. The van der Waals surface area contributed by atoms with Crippen LogP contribution >= 0.6 is 0 Å². The number of H-pyrrole nitrogens is 1. The fourth-order valence-electron chi connectivity index (χ4n) is 3.58. The van der Waals surface area contributed by atoms with Gasteiger partial charge in [-0.3, -0.25) is 10.1 Å². The van der Waals surface area contributed by atoms with E-state index in [4.69, 9.17) is 9.82 Å². The minimum atomic E-state index is -0.962. The van der Waals surface area contributed by atoms with Gasteiger partial charge in [0.1, 0.15) is 0 Å². The van der Waals surface area contributed by atoms with Gasteiger partial charge in [0.15, 0.2) is 11.6 Å². The maximum atomic E-state index is 11.4. The summed E-state index contributed by atoms with van der Waals surface area (Å²) in [6.07, 6.45) is 4.83. The summed E-state index contributed by atoms with van der Waals surface area (Å²) in [5.41, 5.74) is 1.30. The van der Waals surface area contributed by atoms with Crippen LogP contribution < -0.4 is 5.32 Å². The zero-order valence-corrected chi connectivity index (χ0v) is 16.0. The molecule has 1 saturated heterocycles. The molecular formula is C21H26N6O3. The molecule has 1 aliphatic rings. The van der Waals surface area contributed by atoms with Gasteiger partial charge in [0.05, 0.1) is 18.2 Å². The number of hydrogen-bond acceptors (Lipinski definition) is 7. The number of aromatic nitrogens is 4. The number of nitrogens with one attached hydrogen (secondary N) is 2. The largest absolute Gasteiger partial charge is 0.478 e. The first kappa shape index (κ1) is 21.4. The highest BCUT2D eigenvalue weighted by Crippen LogP contribution is 2.35. The summed E-state index contributed by atoms with van der Waals surface area (Å²) >= 11 is 0. The van der Waals surface area contributed by atoms with Crippen LogP contribution in [0.4, 0.5) is 5.69 Å². The Morgan fingerprint density at radius 2 is 1.97 bits per heavy atom. The van der Waals surface area contributed by atoms with Crippen molar-refractivity contribution in [1.29, 1.82) is 0 Å². The van der Waals surface area contributed by atoms with Crippen molar-refractivity contribution in [2.75, 3.05) is 25.5 Å². The summed E-state index contributed by atoms with van der Waals surface area (Å²) in [6, 6.07) is 10.5. The molecule has 0 amide bonds. The Morgan fingerprint density at radius 3 is 2.63 bits per heavy atom. The number of benzene rings is 1. The minimum absolute atomic E-state index is 0. The molecule has 9 heteroatoms. The molecule has 0 radical (unpaired) electrons. The van der Waals surface area contributed by atoms with Crippen molar-refractivity contribution in [3.05, 3.63) is 60.2 Å².